The Morgan fingerprint density at radius 3 is 2.39 bits per heavy atom. The van der Waals surface area contributed by atoms with E-state index in [1.54, 1.807) is 0 Å². The van der Waals surface area contributed by atoms with Crippen LogP contribution in [-0.2, 0) is 4.79 Å². The van der Waals surface area contributed by atoms with Gasteiger partial charge in [-0.1, -0.05) is 19.3 Å². The number of ketones is 1. The minimum Gasteiger partial charge on any atom is -0.299 e. The fourth-order valence-corrected chi connectivity index (χ4v) is 6.25. The molecule has 18 heavy (non-hydrogen) atoms. The molecule has 0 aliphatic heterocycles. The first-order valence-electron chi connectivity index (χ1n) is 8.37. The highest BCUT2D eigenvalue weighted by atomic mass is 16.1. The highest BCUT2D eigenvalue weighted by Crippen LogP contribution is 2.57. The van der Waals surface area contributed by atoms with Gasteiger partial charge in [-0.15, -0.1) is 0 Å². The van der Waals surface area contributed by atoms with Gasteiger partial charge in [0.2, 0.25) is 0 Å². The normalized spacial score (nSPS) is 51.4. The van der Waals surface area contributed by atoms with Crippen molar-refractivity contribution >= 4 is 5.78 Å². The van der Waals surface area contributed by atoms with Crippen LogP contribution in [0.3, 0.4) is 0 Å². The Morgan fingerprint density at radius 2 is 1.44 bits per heavy atom. The van der Waals surface area contributed by atoms with E-state index >= 15 is 0 Å². The van der Waals surface area contributed by atoms with Gasteiger partial charge >= 0.3 is 0 Å². The van der Waals surface area contributed by atoms with Crippen molar-refractivity contribution in [1.82, 2.24) is 0 Å². The molecule has 0 spiro atoms. The van der Waals surface area contributed by atoms with Crippen LogP contribution in [0.15, 0.2) is 0 Å². The second kappa shape index (κ2) is 4.35. The van der Waals surface area contributed by atoms with Gasteiger partial charge in [0.05, 0.1) is 0 Å². The SMILES string of the molecule is O=C1CC[C@H]2C1CCC1C3CCCCC3CCC12. The average molecular weight is 246 g/mol. The predicted octanol–water partition coefficient (Wildman–Crippen LogP) is 4.21. The molecule has 0 heterocycles. The Kier molecular flexibility index (Phi) is 2.78. The van der Waals surface area contributed by atoms with E-state index < -0.39 is 0 Å². The van der Waals surface area contributed by atoms with Gasteiger partial charge in [-0.3, -0.25) is 4.79 Å². The summed E-state index contributed by atoms with van der Waals surface area (Å²) >= 11 is 0. The first-order chi connectivity index (χ1) is 8.84. The summed E-state index contributed by atoms with van der Waals surface area (Å²) in [6.45, 7) is 0. The molecule has 5 unspecified atom stereocenters. The molecule has 4 fully saturated rings. The Bertz CT molecular complexity index is 348. The van der Waals surface area contributed by atoms with Crippen molar-refractivity contribution in [3.8, 4) is 0 Å². The van der Waals surface area contributed by atoms with Gasteiger partial charge in [-0.2, -0.15) is 0 Å². The Morgan fingerprint density at radius 1 is 0.667 bits per heavy atom. The lowest BCUT2D eigenvalue weighted by Crippen LogP contribution is -2.44. The number of carbonyl (C=O) groups excluding carboxylic acids is 1. The van der Waals surface area contributed by atoms with Crippen molar-refractivity contribution < 1.29 is 4.79 Å². The van der Waals surface area contributed by atoms with Crippen LogP contribution in [0.25, 0.3) is 0 Å². The zero-order valence-electron chi connectivity index (χ0n) is 11.4. The van der Waals surface area contributed by atoms with E-state index in [0.29, 0.717) is 11.7 Å². The molecule has 0 radical (unpaired) electrons. The molecule has 4 aliphatic carbocycles. The maximum Gasteiger partial charge on any atom is 0.136 e. The van der Waals surface area contributed by atoms with Crippen LogP contribution in [0, 0.1) is 35.5 Å². The Labute approximate surface area is 111 Å². The van der Waals surface area contributed by atoms with Crippen LogP contribution in [-0.4, -0.2) is 5.78 Å². The van der Waals surface area contributed by atoms with E-state index in [1.165, 1.54) is 57.8 Å². The molecule has 0 aromatic carbocycles. The van der Waals surface area contributed by atoms with E-state index in [-0.39, 0.29) is 0 Å². The standard InChI is InChI=1S/C17H26O/c18-17-10-9-15-14-6-5-11-3-1-2-4-12(11)13(14)7-8-16(15)17/h11-16H,1-10H2/t11?,12?,13?,14?,15-,16?/m1/s1. The summed E-state index contributed by atoms with van der Waals surface area (Å²) in [5.74, 6) is 5.98. The van der Waals surface area contributed by atoms with Crippen LogP contribution >= 0.6 is 0 Å². The summed E-state index contributed by atoms with van der Waals surface area (Å²) < 4.78 is 0. The molecule has 6 atom stereocenters. The van der Waals surface area contributed by atoms with Gasteiger partial charge < -0.3 is 0 Å². The van der Waals surface area contributed by atoms with Gasteiger partial charge in [0.15, 0.2) is 0 Å². The Balaban J connectivity index is 1.57. The average Bonchev–Trinajstić information content (AvgIpc) is 2.80. The molecule has 0 amide bonds. The van der Waals surface area contributed by atoms with Crippen LogP contribution < -0.4 is 0 Å². The third kappa shape index (κ3) is 1.62. The lowest BCUT2D eigenvalue weighted by molar-refractivity contribution is -0.124. The second-order valence-corrected chi connectivity index (χ2v) is 7.47. The van der Waals surface area contributed by atoms with Gasteiger partial charge in [0, 0.05) is 12.3 Å². The number of rotatable bonds is 0. The van der Waals surface area contributed by atoms with Crippen LogP contribution in [0.5, 0.6) is 0 Å². The number of fused-ring (bicyclic) bond motifs is 5. The van der Waals surface area contributed by atoms with Gasteiger partial charge in [-0.05, 0) is 68.1 Å². The van der Waals surface area contributed by atoms with Gasteiger partial charge in [0.1, 0.15) is 5.78 Å². The molecule has 0 bridgehead atoms. The molecule has 1 heteroatoms. The van der Waals surface area contributed by atoms with Crippen molar-refractivity contribution in [3.05, 3.63) is 0 Å². The molecule has 1 nitrogen and oxygen atoms in total. The fourth-order valence-electron chi connectivity index (χ4n) is 6.25. The van der Waals surface area contributed by atoms with Crippen molar-refractivity contribution in [1.29, 1.82) is 0 Å². The maximum absolute atomic E-state index is 12.0. The summed E-state index contributed by atoms with van der Waals surface area (Å²) in [5, 5.41) is 0. The number of hydrogen-bond acceptors (Lipinski definition) is 1. The van der Waals surface area contributed by atoms with E-state index in [4.69, 9.17) is 0 Å². The third-order valence-corrected chi connectivity index (χ3v) is 6.95. The quantitative estimate of drug-likeness (QED) is 0.626. The Hall–Kier alpha value is -0.330. The topological polar surface area (TPSA) is 17.1 Å². The van der Waals surface area contributed by atoms with Gasteiger partial charge in [-0.25, -0.2) is 0 Å². The molecule has 4 saturated carbocycles. The van der Waals surface area contributed by atoms with E-state index in [1.807, 2.05) is 0 Å². The van der Waals surface area contributed by atoms with Crippen molar-refractivity contribution in [2.24, 2.45) is 35.5 Å². The lowest BCUT2D eigenvalue weighted by Gasteiger charge is -2.51. The first-order valence-corrected chi connectivity index (χ1v) is 8.37. The molecule has 4 aliphatic rings. The fraction of sp³-hybridized carbons (Fsp3) is 0.941. The van der Waals surface area contributed by atoms with Crippen LogP contribution in [0.1, 0.15) is 64.2 Å². The molecule has 0 aromatic heterocycles. The maximum atomic E-state index is 12.0. The van der Waals surface area contributed by atoms with E-state index in [2.05, 4.69) is 0 Å². The van der Waals surface area contributed by atoms with Crippen LogP contribution in [0.2, 0.25) is 0 Å². The molecule has 4 rings (SSSR count). The van der Waals surface area contributed by atoms with E-state index in [0.717, 1.165) is 36.0 Å². The molecule has 100 valence electrons. The predicted molar refractivity (Wildman–Crippen MR) is 72.1 cm³/mol. The third-order valence-electron chi connectivity index (χ3n) is 6.95. The summed E-state index contributed by atoms with van der Waals surface area (Å²) in [5.41, 5.74) is 0. The summed E-state index contributed by atoms with van der Waals surface area (Å²) in [7, 11) is 0. The van der Waals surface area contributed by atoms with E-state index in [9.17, 15) is 4.79 Å². The monoisotopic (exact) mass is 246 g/mol. The number of Topliss-reactive ketones (excluding diaryl/α,β-unsaturated/α-hetero) is 1. The number of hydrogen-bond donors (Lipinski definition) is 0. The zero-order valence-corrected chi connectivity index (χ0v) is 11.4. The molecule has 0 N–H and O–H groups in total. The highest BCUT2D eigenvalue weighted by Gasteiger charge is 2.50. The van der Waals surface area contributed by atoms with Crippen molar-refractivity contribution in [2.75, 3.05) is 0 Å². The highest BCUT2D eigenvalue weighted by molar-refractivity contribution is 5.83. The molecular weight excluding hydrogens is 220 g/mol. The summed E-state index contributed by atoms with van der Waals surface area (Å²) in [4.78, 5) is 12.0. The molecule has 0 saturated heterocycles. The number of carbonyl (C=O) groups is 1. The summed E-state index contributed by atoms with van der Waals surface area (Å²) in [6, 6.07) is 0. The molecule has 0 aromatic rings. The summed E-state index contributed by atoms with van der Waals surface area (Å²) in [6.07, 6.45) is 13.7. The molecular formula is C17H26O. The lowest BCUT2D eigenvalue weighted by atomic mass is 9.54. The van der Waals surface area contributed by atoms with Crippen molar-refractivity contribution in [3.63, 3.8) is 0 Å². The van der Waals surface area contributed by atoms with Gasteiger partial charge in [0.25, 0.3) is 0 Å². The smallest absolute Gasteiger partial charge is 0.136 e. The minimum atomic E-state index is 0.492. The zero-order chi connectivity index (χ0) is 12.1. The largest absolute Gasteiger partial charge is 0.299 e. The first kappa shape index (κ1) is 11.5. The second-order valence-electron chi connectivity index (χ2n) is 7.47. The van der Waals surface area contributed by atoms with Crippen molar-refractivity contribution in [2.45, 2.75) is 64.2 Å². The van der Waals surface area contributed by atoms with Crippen LogP contribution in [0.4, 0.5) is 0 Å². The minimum absolute atomic E-state index is 0.492.